The van der Waals surface area contributed by atoms with Crippen LogP contribution < -0.4 is 15.6 Å². The molecule has 6 heterocycles. The molecule has 0 bridgehead atoms. The third kappa shape index (κ3) is 3.50. The lowest BCUT2D eigenvalue weighted by Gasteiger charge is -2.29. The van der Waals surface area contributed by atoms with Crippen LogP contribution in [0.1, 0.15) is 16.8 Å². The van der Waals surface area contributed by atoms with Crippen LogP contribution in [0.2, 0.25) is 0 Å². The van der Waals surface area contributed by atoms with E-state index in [1.54, 1.807) is 37.1 Å². The smallest absolute Gasteiger partial charge is 0.341 e. The molecule has 5 aromatic rings. The van der Waals surface area contributed by atoms with Crippen molar-refractivity contribution in [1.29, 1.82) is 0 Å². The standard InChI is InChI=1S/C29H28FN7O3/c1-31-21-8-16(30)7-17-23-25(37-5-4-14-11-35(2)13-22(14)37)19(10-32-27(23)34-24(17)21)15-6-18-26(38)20(29(39)40)12-36(3)28(18)33-9-15/h6-10,12,14,22,31H,4-5,11,13H2,1-3H3,(H,32,34)(H,39,40). The van der Waals surface area contributed by atoms with Gasteiger partial charge in [-0.25, -0.2) is 19.2 Å². The van der Waals surface area contributed by atoms with Crippen molar-refractivity contribution >= 4 is 50.3 Å². The number of fused-ring (bicyclic) bond motifs is 5. The van der Waals surface area contributed by atoms with Crippen LogP contribution in [0.3, 0.4) is 0 Å². The van der Waals surface area contributed by atoms with Crippen molar-refractivity contribution in [3.63, 3.8) is 0 Å². The topological polar surface area (TPSA) is 119 Å². The lowest BCUT2D eigenvalue weighted by molar-refractivity contribution is 0.0695. The minimum atomic E-state index is -1.29. The zero-order chi connectivity index (χ0) is 27.9. The number of aromatic carboxylic acids is 1. The summed E-state index contributed by atoms with van der Waals surface area (Å²) < 4.78 is 16.4. The van der Waals surface area contributed by atoms with Crippen molar-refractivity contribution in [2.45, 2.75) is 12.5 Å². The highest BCUT2D eigenvalue weighted by Crippen LogP contribution is 2.46. The first-order valence-corrected chi connectivity index (χ1v) is 13.2. The Balaban J connectivity index is 1.55. The van der Waals surface area contributed by atoms with Gasteiger partial charge in [0.1, 0.15) is 22.7 Å². The molecule has 2 unspecified atom stereocenters. The normalized spacial score (nSPS) is 19.2. The van der Waals surface area contributed by atoms with E-state index in [9.17, 15) is 19.1 Å². The second kappa shape index (κ2) is 8.75. The lowest BCUT2D eigenvalue weighted by Crippen LogP contribution is -2.35. The number of H-pyrrole nitrogens is 1. The van der Waals surface area contributed by atoms with Crippen molar-refractivity contribution in [3.8, 4) is 11.1 Å². The van der Waals surface area contributed by atoms with E-state index in [0.717, 1.165) is 53.6 Å². The van der Waals surface area contributed by atoms with Crippen molar-refractivity contribution in [2.24, 2.45) is 13.0 Å². The SMILES string of the molecule is CNc1cc(F)cc2c1[nH]c1ncc(-c3cnc4c(c3)c(=O)c(C(=O)O)cn4C)c(N3CCC4CN(C)CC43)c12. The van der Waals surface area contributed by atoms with Crippen LogP contribution in [0.5, 0.6) is 0 Å². The molecular weight excluding hydrogens is 513 g/mol. The number of likely N-dealkylation sites (tertiary alicyclic amines) is 1. The molecule has 0 amide bonds. The van der Waals surface area contributed by atoms with Crippen LogP contribution in [-0.4, -0.2) is 75.3 Å². The number of anilines is 2. The van der Waals surface area contributed by atoms with Gasteiger partial charge in [0, 0.05) is 74.9 Å². The first-order chi connectivity index (χ1) is 19.2. The Morgan fingerprint density at radius 1 is 1.15 bits per heavy atom. The number of carboxylic acid groups (broad SMARTS) is 1. The number of nitrogens with zero attached hydrogens (tertiary/aromatic N) is 5. The summed E-state index contributed by atoms with van der Waals surface area (Å²) in [6.45, 7) is 2.76. The molecule has 2 aliphatic rings. The number of aromatic nitrogens is 4. The molecule has 3 N–H and O–H groups in total. The average Bonchev–Trinajstić information content (AvgIpc) is 3.61. The van der Waals surface area contributed by atoms with Crippen LogP contribution >= 0.6 is 0 Å². The van der Waals surface area contributed by atoms with Crippen LogP contribution in [-0.2, 0) is 7.05 Å². The van der Waals surface area contributed by atoms with Gasteiger partial charge in [0.15, 0.2) is 0 Å². The first kappa shape index (κ1) is 24.5. The van der Waals surface area contributed by atoms with E-state index in [-0.39, 0.29) is 22.8 Å². The van der Waals surface area contributed by atoms with Gasteiger partial charge in [0.2, 0.25) is 5.43 Å². The number of pyridine rings is 3. The zero-order valence-corrected chi connectivity index (χ0v) is 22.3. The molecule has 2 aliphatic heterocycles. The number of aryl methyl sites for hydroxylation is 1. The van der Waals surface area contributed by atoms with E-state index in [0.29, 0.717) is 28.5 Å². The Kier molecular flexibility index (Phi) is 5.36. The fourth-order valence-electron chi connectivity index (χ4n) is 6.73. The molecule has 40 heavy (non-hydrogen) atoms. The number of nitrogens with one attached hydrogen (secondary N) is 2. The number of halogens is 1. The van der Waals surface area contributed by atoms with Gasteiger partial charge in [-0.15, -0.1) is 0 Å². The summed E-state index contributed by atoms with van der Waals surface area (Å²) in [4.78, 5) is 42.4. The van der Waals surface area contributed by atoms with Crippen molar-refractivity contribution < 1.29 is 14.3 Å². The molecule has 0 radical (unpaired) electrons. The molecule has 7 rings (SSSR count). The van der Waals surface area contributed by atoms with Gasteiger partial charge in [-0.3, -0.25) is 4.79 Å². The molecule has 204 valence electrons. The van der Waals surface area contributed by atoms with Crippen molar-refractivity contribution in [2.75, 3.05) is 43.9 Å². The van der Waals surface area contributed by atoms with Gasteiger partial charge >= 0.3 is 5.97 Å². The summed E-state index contributed by atoms with van der Waals surface area (Å²) in [5.41, 5.74) is 3.85. The quantitative estimate of drug-likeness (QED) is 0.316. The van der Waals surface area contributed by atoms with Crippen molar-refractivity contribution in [1.82, 2.24) is 24.4 Å². The molecule has 0 saturated carbocycles. The summed E-state index contributed by atoms with van der Waals surface area (Å²) in [5.74, 6) is -1.13. The summed E-state index contributed by atoms with van der Waals surface area (Å²) in [7, 11) is 5.55. The third-order valence-electron chi connectivity index (χ3n) is 8.51. The largest absolute Gasteiger partial charge is 0.477 e. The molecule has 1 aromatic carbocycles. The van der Waals surface area contributed by atoms with Gasteiger partial charge in [0.05, 0.1) is 27.7 Å². The minimum absolute atomic E-state index is 0.216. The number of hydrogen-bond acceptors (Lipinski definition) is 7. The molecule has 10 nitrogen and oxygen atoms in total. The summed E-state index contributed by atoms with van der Waals surface area (Å²) in [6, 6.07) is 4.97. The third-order valence-corrected chi connectivity index (χ3v) is 8.51. The first-order valence-electron chi connectivity index (χ1n) is 13.2. The molecule has 2 saturated heterocycles. The van der Waals surface area contributed by atoms with E-state index >= 15 is 0 Å². The molecule has 0 aliphatic carbocycles. The highest BCUT2D eigenvalue weighted by molar-refractivity contribution is 6.18. The van der Waals surface area contributed by atoms with E-state index in [1.807, 2.05) is 0 Å². The van der Waals surface area contributed by atoms with Crippen molar-refractivity contribution in [3.05, 3.63) is 58.4 Å². The van der Waals surface area contributed by atoms with Crippen LogP contribution in [0.4, 0.5) is 15.8 Å². The number of benzene rings is 1. The lowest BCUT2D eigenvalue weighted by atomic mass is 9.99. The van der Waals surface area contributed by atoms with Gasteiger partial charge in [-0.1, -0.05) is 0 Å². The Labute approximate surface area is 228 Å². The Morgan fingerprint density at radius 2 is 1.98 bits per heavy atom. The molecule has 0 spiro atoms. The summed E-state index contributed by atoms with van der Waals surface area (Å²) >= 11 is 0. The van der Waals surface area contributed by atoms with Gasteiger partial charge in [-0.2, -0.15) is 0 Å². The second-order valence-electron chi connectivity index (χ2n) is 10.9. The summed E-state index contributed by atoms with van der Waals surface area (Å²) in [6.07, 6.45) is 5.79. The fourth-order valence-corrected chi connectivity index (χ4v) is 6.73. The predicted octanol–water partition coefficient (Wildman–Crippen LogP) is 3.65. The maximum Gasteiger partial charge on any atom is 0.341 e. The van der Waals surface area contributed by atoms with Crippen LogP contribution in [0, 0.1) is 11.7 Å². The number of aromatic amines is 1. The molecular formula is C29H28FN7O3. The Hall–Kier alpha value is -4.51. The molecule has 11 heteroatoms. The van der Waals surface area contributed by atoms with E-state index < -0.39 is 11.4 Å². The van der Waals surface area contributed by atoms with E-state index in [2.05, 4.69) is 32.1 Å². The van der Waals surface area contributed by atoms with Gasteiger partial charge in [0.25, 0.3) is 0 Å². The molecule has 4 aromatic heterocycles. The second-order valence-corrected chi connectivity index (χ2v) is 10.9. The molecule has 2 atom stereocenters. The van der Waals surface area contributed by atoms with Crippen LogP contribution in [0.15, 0.2) is 41.6 Å². The number of likely N-dealkylation sites (N-methyl/N-ethyl adjacent to an activating group) is 1. The van der Waals surface area contributed by atoms with Crippen LogP contribution in [0.25, 0.3) is 44.1 Å². The van der Waals surface area contributed by atoms with E-state index in [1.165, 1.54) is 18.3 Å². The number of hydrogen-bond donors (Lipinski definition) is 3. The highest BCUT2D eigenvalue weighted by atomic mass is 19.1. The Morgan fingerprint density at radius 3 is 2.75 bits per heavy atom. The molecule has 2 fully saturated rings. The minimum Gasteiger partial charge on any atom is -0.477 e. The fraction of sp³-hybridized carbons (Fsp3) is 0.310. The maximum absolute atomic E-state index is 14.9. The number of carboxylic acids is 1. The van der Waals surface area contributed by atoms with Gasteiger partial charge in [-0.05, 0) is 37.6 Å². The van der Waals surface area contributed by atoms with Gasteiger partial charge < -0.3 is 29.8 Å². The monoisotopic (exact) mass is 541 g/mol. The number of carbonyl (C=O) groups is 1. The zero-order valence-electron chi connectivity index (χ0n) is 22.3. The number of rotatable bonds is 4. The van der Waals surface area contributed by atoms with E-state index in [4.69, 9.17) is 4.98 Å². The highest BCUT2D eigenvalue weighted by Gasteiger charge is 2.41. The predicted molar refractivity (Wildman–Crippen MR) is 153 cm³/mol. The Bertz CT molecular complexity index is 1930. The maximum atomic E-state index is 14.9. The summed E-state index contributed by atoms with van der Waals surface area (Å²) in [5, 5.41) is 14.4. The average molecular weight is 542 g/mol.